The lowest BCUT2D eigenvalue weighted by Crippen LogP contribution is -1.96. The zero-order valence-electron chi connectivity index (χ0n) is 16.8. The third-order valence-electron chi connectivity index (χ3n) is 3.29. The van der Waals surface area contributed by atoms with E-state index in [1.54, 1.807) is 18.3 Å². The maximum absolute atomic E-state index is 8.28. The first-order chi connectivity index (χ1) is 13.4. The summed E-state index contributed by atoms with van der Waals surface area (Å²) in [5.41, 5.74) is 1.86. The third-order valence-corrected chi connectivity index (χ3v) is 3.82. The lowest BCUT2D eigenvalue weighted by atomic mass is 10.1. The summed E-state index contributed by atoms with van der Waals surface area (Å²) in [6.07, 6.45) is 1.56. The highest BCUT2D eigenvalue weighted by Crippen LogP contribution is 2.27. The molecule has 0 aliphatic heterocycles. The van der Waals surface area contributed by atoms with Gasteiger partial charge in [0.05, 0.1) is 12.4 Å². The molecule has 0 atom stereocenters. The summed E-state index contributed by atoms with van der Waals surface area (Å²) >= 11 is 3.39. The molecule has 0 aliphatic rings. The van der Waals surface area contributed by atoms with E-state index in [2.05, 4.69) is 30.9 Å². The average molecular weight is 367 g/mol. The molecule has 2 heterocycles. The maximum Gasteiger partial charge on any atom is 0.160 e. The van der Waals surface area contributed by atoms with E-state index in [0.717, 1.165) is 10.0 Å². The van der Waals surface area contributed by atoms with E-state index in [1.807, 2.05) is 24.3 Å². The standard InChI is InChI=1S/C19H12BrN3/c20-15-10-8-14(9-11-15)19-22-16-7-4-12-21-18(16)17(23-19)13-5-2-1-3-6-13/h1-12H/i1D,2D,3D,5D,6D. The Balaban J connectivity index is 2.09. The first-order valence-corrected chi connectivity index (χ1v) is 7.63. The highest BCUT2D eigenvalue weighted by Gasteiger charge is 2.11. The van der Waals surface area contributed by atoms with Gasteiger partial charge in [0.2, 0.25) is 0 Å². The van der Waals surface area contributed by atoms with Crippen LogP contribution in [-0.4, -0.2) is 15.0 Å². The van der Waals surface area contributed by atoms with Gasteiger partial charge in [-0.3, -0.25) is 4.98 Å². The first kappa shape index (κ1) is 9.53. The van der Waals surface area contributed by atoms with Gasteiger partial charge in [0.15, 0.2) is 5.82 Å². The number of rotatable bonds is 2. The summed E-state index contributed by atoms with van der Waals surface area (Å²) in [4.78, 5) is 13.4. The highest BCUT2D eigenvalue weighted by atomic mass is 79.9. The Labute approximate surface area is 149 Å². The molecule has 0 saturated carbocycles. The van der Waals surface area contributed by atoms with E-state index in [-0.39, 0.29) is 23.3 Å². The zero-order chi connectivity index (χ0) is 20.0. The van der Waals surface area contributed by atoms with Crippen LogP contribution in [0.2, 0.25) is 0 Å². The number of fused-ring (bicyclic) bond motifs is 1. The van der Waals surface area contributed by atoms with Gasteiger partial charge < -0.3 is 0 Å². The second-order valence-corrected chi connectivity index (χ2v) is 5.69. The molecule has 0 amide bonds. The Bertz CT molecular complexity index is 1200. The molecule has 3 nitrogen and oxygen atoms in total. The molecule has 0 bridgehead atoms. The fourth-order valence-electron chi connectivity index (χ4n) is 2.24. The Morgan fingerprint density at radius 3 is 2.43 bits per heavy atom. The van der Waals surface area contributed by atoms with Crippen molar-refractivity contribution in [3.63, 3.8) is 0 Å². The summed E-state index contributed by atoms with van der Waals surface area (Å²) in [5, 5.41) is 0. The van der Waals surface area contributed by atoms with Crippen LogP contribution in [0.4, 0.5) is 0 Å². The Kier molecular flexibility index (Phi) is 2.44. The molecule has 4 rings (SSSR count). The molecular weight excluding hydrogens is 350 g/mol. The van der Waals surface area contributed by atoms with Crippen molar-refractivity contribution in [2.75, 3.05) is 0 Å². The van der Waals surface area contributed by atoms with Gasteiger partial charge in [0, 0.05) is 21.8 Å². The van der Waals surface area contributed by atoms with E-state index < -0.39 is 18.1 Å². The van der Waals surface area contributed by atoms with Crippen LogP contribution in [0.25, 0.3) is 33.7 Å². The highest BCUT2D eigenvalue weighted by molar-refractivity contribution is 9.10. The molecule has 0 radical (unpaired) electrons. The van der Waals surface area contributed by atoms with E-state index in [4.69, 9.17) is 6.85 Å². The Morgan fingerprint density at radius 1 is 0.870 bits per heavy atom. The fraction of sp³-hybridized carbons (Fsp3) is 0. The third kappa shape index (κ3) is 2.73. The van der Waals surface area contributed by atoms with E-state index in [0.29, 0.717) is 16.9 Å². The fourth-order valence-corrected chi connectivity index (χ4v) is 2.50. The van der Waals surface area contributed by atoms with Crippen molar-refractivity contribution in [3.05, 3.63) is 77.3 Å². The zero-order valence-corrected chi connectivity index (χ0v) is 13.3. The van der Waals surface area contributed by atoms with Crippen LogP contribution in [-0.2, 0) is 0 Å². The number of benzene rings is 2. The molecule has 0 spiro atoms. The number of nitrogens with zero attached hydrogens (tertiary/aromatic N) is 3. The smallest absolute Gasteiger partial charge is 0.160 e. The first-order valence-electron chi connectivity index (χ1n) is 9.34. The predicted molar refractivity (Wildman–Crippen MR) is 95.9 cm³/mol. The molecule has 4 heteroatoms. The van der Waals surface area contributed by atoms with E-state index in [1.165, 1.54) is 0 Å². The van der Waals surface area contributed by atoms with Gasteiger partial charge in [-0.15, -0.1) is 0 Å². The molecule has 0 saturated heterocycles. The maximum atomic E-state index is 8.28. The van der Waals surface area contributed by atoms with Crippen molar-refractivity contribution in [3.8, 4) is 22.6 Å². The van der Waals surface area contributed by atoms with Crippen LogP contribution < -0.4 is 0 Å². The summed E-state index contributed by atoms with van der Waals surface area (Å²) in [6.45, 7) is 0. The van der Waals surface area contributed by atoms with Crippen molar-refractivity contribution in [1.29, 1.82) is 0 Å². The SMILES string of the molecule is [2H]c1c([2H])c([2H])c(-c2nc(-c3ccc(Br)cc3)nc3cccnc23)c([2H])c1[2H]. The minimum atomic E-state index is -0.446. The van der Waals surface area contributed by atoms with Crippen molar-refractivity contribution < 1.29 is 6.85 Å². The van der Waals surface area contributed by atoms with E-state index >= 15 is 0 Å². The minimum Gasteiger partial charge on any atom is -0.252 e. The van der Waals surface area contributed by atoms with Gasteiger partial charge >= 0.3 is 0 Å². The topological polar surface area (TPSA) is 38.7 Å². The van der Waals surface area contributed by atoms with Gasteiger partial charge in [0.25, 0.3) is 0 Å². The second-order valence-electron chi connectivity index (χ2n) is 4.77. The molecule has 2 aromatic heterocycles. The largest absolute Gasteiger partial charge is 0.252 e. The molecule has 4 aromatic rings. The van der Waals surface area contributed by atoms with Gasteiger partial charge in [-0.05, 0) is 24.3 Å². The van der Waals surface area contributed by atoms with Crippen molar-refractivity contribution >= 4 is 27.0 Å². The quantitative estimate of drug-likeness (QED) is 0.494. The lowest BCUT2D eigenvalue weighted by molar-refractivity contribution is 1.20. The number of aromatic nitrogens is 3. The van der Waals surface area contributed by atoms with Gasteiger partial charge in [-0.25, -0.2) is 9.97 Å². The second kappa shape index (κ2) is 5.89. The molecule has 0 unspecified atom stereocenters. The summed E-state index contributed by atoms with van der Waals surface area (Å²) in [6, 6.07) is 8.97. The van der Waals surface area contributed by atoms with Gasteiger partial charge in [-0.1, -0.05) is 58.3 Å². The molecule has 2 aromatic carbocycles. The number of hydrogen-bond acceptors (Lipinski definition) is 3. The Hall–Kier alpha value is -2.59. The normalized spacial score (nSPS) is 13.9. The van der Waals surface area contributed by atoms with Crippen LogP contribution >= 0.6 is 15.9 Å². The molecular formula is C19H12BrN3. The van der Waals surface area contributed by atoms with Crippen molar-refractivity contribution in [2.45, 2.75) is 0 Å². The number of pyridine rings is 1. The summed E-state index contributed by atoms with van der Waals surface area (Å²) in [5.74, 6) is 0.384. The van der Waals surface area contributed by atoms with Crippen LogP contribution in [0.3, 0.4) is 0 Å². The molecule has 0 fully saturated rings. The minimum absolute atomic E-state index is 0.00969. The lowest BCUT2D eigenvalue weighted by Gasteiger charge is -2.08. The van der Waals surface area contributed by atoms with Gasteiger partial charge in [-0.2, -0.15) is 0 Å². The number of halogens is 1. The van der Waals surface area contributed by atoms with Gasteiger partial charge in [0.1, 0.15) is 11.2 Å². The van der Waals surface area contributed by atoms with Crippen molar-refractivity contribution in [2.24, 2.45) is 0 Å². The number of hydrogen-bond donors (Lipinski definition) is 0. The van der Waals surface area contributed by atoms with Crippen LogP contribution in [0.15, 0.2) is 77.3 Å². The average Bonchev–Trinajstić information content (AvgIpc) is 2.71. The molecule has 110 valence electrons. The van der Waals surface area contributed by atoms with Crippen LogP contribution in [0.1, 0.15) is 6.85 Å². The van der Waals surface area contributed by atoms with Crippen LogP contribution in [0.5, 0.6) is 0 Å². The van der Waals surface area contributed by atoms with Crippen LogP contribution in [0, 0.1) is 0 Å². The molecule has 0 N–H and O–H groups in total. The molecule has 0 aliphatic carbocycles. The monoisotopic (exact) mass is 366 g/mol. The van der Waals surface area contributed by atoms with Crippen molar-refractivity contribution in [1.82, 2.24) is 15.0 Å². The summed E-state index contributed by atoms with van der Waals surface area (Å²) in [7, 11) is 0. The summed E-state index contributed by atoms with van der Waals surface area (Å²) < 4.78 is 41.2. The molecule has 23 heavy (non-hydrogen) atoms. The predicted octanol–water partition coefficient (Wildman–Crippen LogP) is 5.12. The van der Waals surface area contributed by atoms with E-state index in [9.17, 15) is 0 Å². The Morgan fingerprint density at radius 2 is 1.65 bits per heavy atom.